The normalized spacial score (nSPS) is 20.1. The fraction of sp³-hybridized carbons (Fsp3) is 0.238. The summed E-state index contributed by atoms with van der Waals surface area (Å²) in [6, 6.07) is 12.8. The summed E-state index contributed by atoms with van der Waals surface area (Å²) in [5.41, 5.74) is 2.28. The highest BCUT2D eigenvalue weighted by Crippen LogP contribution is 2.33. The van der Waals surface area contributed by atoms with Crippen LogP contribution in [0.2, 0.25) is 5.02 Å². The van der Waals surface area contributed by atoms with E-state index in [0.717, 1.165) is 12.0 Å². The molecule has 3 aromatic rings. The molecule has 2 amide bonds. The minimum atomic E-state index is -0.885. The first-order chi connectivity index (χ1) is 15.1. The van der Waals surface area contributed by atoms with Gasteiger partial charge in [0, 0.05) is 5.56 Å². The van der Waals surface area contributed by atoms with Crippen molar-refractivity contribution in [2.45, 2.75) is 32.0 Å². The Bertz CT molecular complexity index is 1190. The first kappa shape index (κ1) is 19.4. The lowest BCUT2D eigenvalue weighted by atomic mass is 10.1. The second-order valence-electron chi connectivity index (χ2n) is 7.22. The van der Waals surface area contributed by atoms with Gasteiger partial charge in [0.2, 0.25) is 11.7 Å². The lowest BCUT2D eigenvalue weighted by Gasteiger charge is -2.19. The number of fused-ring (bicyclic) bond motifs is 1. The Balaban J connectivity index is 1.36. The molecule has 3 heterocycles. The number of carbonyl (C=O) groups is 2. The van der Waals surface area contributed by atoms with Crippen LogP contribution in [0.5, 0.6) is 0 Å². The zero-order valence-corrected chi connectivity index (χ0v) is 17.2. The van der Waals surface area contributed by atoms with E-state index >= 15 is 0 Å². The highest BCUT2D eigenvalue weighted by Gasteiger charge is 2.55. The highest BCUT2D eigenvalue weighted by molar-refractivity contribution is 6.33. The molecule has 0 saturated carbocycles. The maximum atomic E-state index is 13.1. The van der Waals surface area contributed by atoms with Crippen LogP contribution in [0.4, 0.5) is 5.69 Å². The van der Waals surface area contributed by atoms with E-state index < -0.39 is 18.0 Å². The summed E-state index contributed by atoms with van der Waals surface area (Å²) < 4.78 is 5.31. The molecule has 5 rings (SSSR count). The molecular weight excluding hydrogens is 420 g/mol. The number of hydrogen-bond donors (Lipinski definition) is 0. The van der Waals surface area contributed by atoms with Crippen molar-refractivity contribution >= 4 is 29.1 Å². The summed E-state index contributed by atoms with van der Waals surface area (Å²) in [7, 11) is 0. The molecule has 1 saturated heterocycles. The summed E-state index contributed by atoms with van der Waals surface area (Å²) in [4.78, 5) is 31.4. The van der Waals surface area contributed by atoms with Gasteiger partial charge in [-0.25, -0.2) is 4.90 Å². The molecule has 0 spiro atoms. The van der Waals surface area contributed by atoms with Crippen LogP contribution in [-0.4, -0.2) is 39.0 Å². The van der Waals surface area contributed by atoms with E-state index in [-0.39, 0.29) is 18.3 Å². The number of benzene rings is 2. The summed E-state index contributed by atoms with van der Waals surface area (Å²) in [5.74, 6) is -0.205. The summed E-state index contributed by atoms with van der Waals surface area (Å²) in [6.07, 6.45) is 0.871. The first-order valence-electron chi connectivity index (χ1n) is 9.78. The Morgan fingerprint density at radius 1 is 1.06 bits per heavy atom. The molecular formula is C21H17ClN6O3. The number of aromatic nitrogens is 2. The minimum absolute atomic E-state index is 0.0454. The number of imide groups is 1. The van der Waals surface area contributed by atoms with Gasteiger partial charge in [-0.1, -0.05) is 53.2 Å². The van der Waals surface area contributed by atoms with Crippen molar-refractivity contribution in [1.29, 1.82) is 0 Å². The Morgan fingerprint density at radius 2 is 1.84 bits per heavy atom. The molecule has 2 aliphatic heterocycles. The van der Waals surface area contributed by atoms with E-state index in [0.29, 0.717) is 22.1 Å². The van der Waals surface area contributed by atoms with Gasteiger partial charge in [0.1, 0.15) is 6.54 Å². The molecule has 0 bridgehead atoms. The predicted molar refractivity (Wildman–Crippen MR) is 111 cm³/mol. The van der Waals surface area contributed by atoms with Crippen LogP contribution >= 0.6 is 11.6 Å². The molecule has 2 aromatic carbocycles. The average Bonchev–Trinajstić information content (AvgIpc) is 3.47. The number of aryl methyl sites for hydroxylation is 1. The Labute approximate surface area is 182 Å². The van der Waals surface area contributed by atoms with Crippen LogP contribution < -0.4 is 4.90 Å². The van der Waals surface area contributed by atoms with E-state index in [1.165, 1.54) is 9.91 Å². The van der Waals surface area contributed by atoms with Gasteiger partial charge in [0.05, 0.1) is 10.7 Å². The van der Waals surface area contributed by atoms with Crippen LogP contribution in [0.25, 0.3) is 11.4 Å². The van der Waals surface area contributed by atoms with Gasteiger partial charge >= 0.3 is 0 Å². The zero-order chi connectivity index (χ0) is 21.5. The molecule has 9 nitrogen and oxygen atoms in total. The van der Waals surface area contributed by atoms with Gasteiger partial charge in [0.15, 0.2) is 12.1 Å². The fourth-order valence-corrected chi connectivity index (χ4v) is 3.92. The number of carbonyl (C=O) groups excluding carboxylic acids is 2. The highest BCUT2D eigenvalue weighted by atomic mass is 35.5. The Kier molecular flexibility index (Phi) is 4.74. The maximum absolute atomic E-state index is 13.1. The van der Waals surface area contributed by atoms with Crippen molar-refractivity contribution in [3.63, 3.8) is 0 Å². The standard InChI is InChI=1S/C21H17ClN6O3/c1-2-12-7-9-13(10-8-12)28-20(29)17-18(21(28)30)27(26-24-17)11-16-23-19(25-31-16)14-5-3-4-6-15(14)22/h3-10,17-18H,2,11H2,1H3/t17-,18+/m1/s1. The number of halogens is 1. The molecule has 2 aliphatic rings. The SMILES string of the molecule is CCc1ccc(N2C(=O)[C@@H]3[C@@H](N=NN3Cc3nc(-c4ccccc4Cl)no3)C2=O)cc1. The van der Waals surface area contributed by atoms with Crippen molar-refractivity contribution < 1.29 is 14.1 Å². The largest absolute Gasteiger partial charge is 0.337 e. The third-order valence-corrected chi connectivity index (χ3v) is 5.67. The molecule has 0 radical (unpaired) electrons. The van der Waals surface area contributed by atoms with E-state index in [9.17, 15) is 9.59 Å². The van der Waals surface area contributed by atoms with Gasteiger partial charge in [0.25, 0.3) is 11.8 Å². The van der Waals surface area contributed by atoms with Crippen LogP contribution in [0, 0.1) is 0 Å². The second-order valence-corrected chi connectivity index (χ2v) is 7.62. The van der Waals surface area contributed by atoms with Gasteiger partial charge in [-0.05, 0) is 36.2 Å². The molecule has 10 heteroatoms. The van der Waals surface area contributed by atoms with Crippen molar-refractivity contribution in [2.24, 2.45) is 10.3 Å². The molecule has 1 aromatic heterocycles. The van der Waals surface area contributed by atoms with E-state index in [1.54, 1.807) is 24.3 Å². The first-order valence-corrected chi connectivity index (χ1v) is 10.2. The maximum Gasteiger partial charge on any atom is 0.263 e. The van der Waals surface area contributed by atoms with Crippen molar-refractivity contribution in [2.75, 3.05) is 4.90 Å². The molecule has 2 atom stereocenters. The molecule has 0 unspecified atom stereocenters. The average molecular weight is 437 g/mol. The topological polar surface area (TPSA) is 104 Å². The summed E-state index contributed by atoms with van der Waals surface area (Å²) in [5, 5.41) is 13.9. The summed E-state index contributed by atoms with van der Waals surface area (Å²) >= 11 is 6.19. The van der Waals surface area contributed by atoms with Gasteiger partial charge in [-0.15, -0.1) is 0 Å². The quantitative estimate of drug-likeness (QED) is 0.567. The van der Waals surface area contributed by atoms with Gasteiger partial charge < -0.3 is 4.52 Å². The molecule has 0 N–H and O–H groups in total. The molecule has 0 aliphatic carbocycles. The van der Waals surface area contributed by atoms with E-state index in [2.05, 4.69) is 20.5 Å². The van der Waals surface area contributed by atoms with E-state index in [1.807, 2.05) is 31.2 Å². The van der Waals surface area contributed by atoms with E-state index in [4.69, 9.17) is 16.1 Å². The minimum Gasteiger partial charge on any atom is -0.337 e. The number of anilines is 1. The third-order valence-electron chi connectivity index (χ3n) is 5.34. The van der Waals surface area contributed by atoms with Crippen LogP contribution in [0.15, 0.2) is 63.4 Å². The monoisotopic (exact) mass is 436 g/mol. The van der Waals surface area contributed by atoms with Gasteiger partial charge in [-0.3, -0.25) is 14.6 Å². The number of nitrogens with zero attached hydrogens (tertiary/aromatic N) is 6. The predicted octanol–water partition coefficient (Wildman–Crippen LogP) is 3.45. The van der Waals surface area contributed by atoms with Crippen molar-refractivity contribution in [3.05, 3.63) is 65.0 Å². The summed E-state index contributed by atoms with van der Waals surface area (Å²) in [6.45, 7) is 2.09. The second kappa shape index (κ2) is 7.59. The third kappa shape index (κ3) is 3.27. The Hall–Kier alpha value is -3.59. The number of rotatable bonds is 5. The van der Waals surface area contributed by atoms with Crippen LogP contribution in [-0.2, 0) is 22.6 Å². The van der Waals surface area contributed by atoms with Crippen molar-refractivity contribution in [3.8, 4) is 11.4 Å². The van der Waals surface area contributed by atoms with Crippen LogP contribution in [0.1, 0.15) is 18.4 Å². The molecule has 156 valence electrons. The number of hydrogen-bond acceptors (Lipinski definition) is 8. The zero-order valence-electron chi connectivity index (χ0n) is 16.5. The molecule has 31 heavy (non-hydrogen) atoms. The lowest BCUT2D eigenvalue weighted by Crippen LogP contribution is -2.39. The smallest absolute Gasteiger partial charge is 0.263 e. The number of amides is 2. The Morgan fingerprint density at radius 3 is 2.58 bits per heavy atom. The lowest BCUT2D eigenvalue weighted by molar-refractivity contribution is -0.123. The van der Waals surface area contributed by atoms with Gasteiger partial charge in [-0.2, -0.15) is 10.1 Å². The van der Waals surface area contributed by atoms with Crippen LogP contribution in [0.3, 0.4) is 0 Å². The fourth-order valence-electron chi connectivity index (χ4n) is 3.70. The van der Waals surface area contributed by atoms with Crippen molar-refractivity contribution in [1.82, 2.24) is 15.1 Å². The molecule has 1 fully saturated rings.